The molecule has 0 spiro atoms. The van der Waals surface area contributed by atoms with Gasteiger partial charge in [-0.25, -0.2) is 4.18 Å². The highest BCUT2D eigenvalue weighted by Gasteiger charge is 2.59. The second-order valence-electron chi connectivity index (χ2n) is 13.1. The highest BCUT2D eigenvalue weighted by atomic mass is 32.3. The lowest BCUT2D eigenvalue weighted by Crippen LogP contribution is -2.51. The third-order valence-electron chi connectivity index (χ3n) is 10.6. The van der Waals surface area contributed by atoms with Gasteiger partial charge in [-0.05, 0) is 97.7 Å². The molecule has 3 saturated carbocycles. The molecule has 210 valence electrons. The molecule has 8 atom stereocenters. The van der Waals surface area contributed by atoms with Crippen molar-refractivity contribution in [3.63, 3.8) is 0 Å². The number of aliphatic hydroxyl groups excluding tert-OH is 2. The minimum Gasteiger partial charge on any atom is -0.394 e. The van der Waals surface area contributed by atoms with E-state index in [4.69, 9.17) is 18.9 Å². The van der Waals surface area contributed by atoms with E-state index in [0.717, 1.165) is 42.4 Å². The number of rotatable bonds is 8. The molecule has 3 fully saturated rings. The molecule has 0 amide bonds. The summed E-state index contributed by atoms with van der Waals surface area (Å²) in [5.74, 6) is 4.83. The molecule has 4 rings (SSSR count). The van der Waals surface area contributed by atoms with Gasteiger partial charge in [0, 0.05) is 0 Å². The lowest BCUT2D eigenvalue weighted by atomic mass is 9.47. The molecule has 36 heavy (non-hydrogen) atoms. The first kappa shape index (κ1) is 30.1. The molecule has 7 heteroatoms. The van der Waals surface area contributed by atoms with Crippen molar-refractivity contribution < 1.29 is 27.4 Å². The van der Waals surface area contributed by atoms with Crippen molar-refractivity contribution >= 4 is 10.4 Å². The first-order chi connectivity index (χ1) is 16.9. The monoisotopic (exact) mass is 528 g/mol. The van der Waals surface area contributed by atoms with Gasteiger partial charge in [-0.15, -0.1) is 0 Å². The summed E-state index contributed by atoms with van der Waals surface area (Å²) < 4.78 is 36.6. The summed E-state index contributed by atoms with van der Waals surface area (Å²) in [7, 11) is -4.38. The molecule has 0 radical (unpaired) electrons. The van der Waals surface area contributed by atoms with Gasteiger partial charge in [0.1, 0.15) is 0 Å². The number of fused-ring (bicyclic) bond motifs is 5. The highest BCUT2D eigenvalue weighted by Crippen LogP contribution is 2.67. The van der Waals surface area contributed by atoms with Crippen LogP contribution in [0.3, 0.4) is 0 Å². The van der Waals surface area contributed by atoms with Crippen LogP contribution < -0.4 is 0 Å². The Morgan fingerprint density at radius 2 is 1.69 bits per heavy atom. The summed E-state index contributed by atoms with van der Waals surface area (Å²) in [6, 6.07) is 0. The number of aliphatic hydroxyl groups is 2. The summed E-state index contributed by atoms with van der Waals surface area (Å²) in [5, 5.41) is 15.2. The molecule has 0 aromatic carbocycles. The van der Waals surface area contributed by atoms with E-state index >= 15 is 0 Å². The average Bonchev–Trinajstić information content (AvgIpc) is 3.15. The van der Waals surface area contributed by atoms with E-state index in [1.807, 2.05) is 0 Å². The van der Waals surface area contributed by atoms with Crippen LogP contribution in [-0.2, 0) is 14.6 Å². The molecule has 0 aromatic rings. The van der Waals surface area contributed by atoms with Crippen LogP contribution in [-0.4, -0.2) is 42.5 Å². The van der Waals surface area contributed by atoms with Crippen LogP contribution in [0.2, 0.25) is 0 Å². The van der Waals surface area contributed by atoms with E-state index < -0.39 is 16.5 Å². The summed E-state index contributed by atoms with van der Waals surface area (Å²) in [6.45, 7) is 12.0. The minimum absolute atomic E-state index is 0.125. The van der Waals surface area contributed by atoms with Crippen LogP contribution in [0.1, 0.15) is 105 Å². The molecule has 0 heterocycles. The Morgan fingerprint density at radius 3 is 2.31 bits per heavy atom. The minimum atomic E-state index is -4.38. The van der Waals surface area contributed by atoms with Crippen LogP contribution in [0.15, 0.2) is 11.6 Å². The predicted molar refractivity (Wildman–Crippen MR) is 144 cm³/mol. The second-order valence-corrected chi connectivity index (χ2v) is 14.2. The Morgan fingerprint density at radius 1 is 1.00 bits per heavy atom. The standard InChI is InChI=1S/C27H46O4S.C2H6O2/c1-18(2)7-6-8-19(3)23-11-12-24-22-10-9-20-17-21(31-32(28,29)30)13-15-26(20,4)25(22)14-16-27(23,24)5;3-1-2-4/h9,18-19,21-25H,6-8,10-17H2,1-5H3,(H,28,29,30);3-4H,1-2H2/t19?,21-,22-,23+,24-,25-,26-,27+;/m0./s1. The van der Waals surface area contributed by atoms with Gasteiger partial charge in [0.2, 0.25) is 0 Å². The maximum atomic E-state index is 11.2. The van der Waals surface area contributed by atoms with Crippen molar-refractivity contribution in [2.45, 2.75) is 111 Å². The van der Waals surface area contributed by atoms with Crippen molar-refractivity contribution in [3.05, 3.63) is 11.6 Å². The van der Waals surface area contributed by atoms with Gasteiger partial charge in [0.25, 0.3) is 0 Å². The molecule has 6 nitrogen and oxygen atoms in total. The maximum Gasteiger partial charge on any atom is 0.397 e. The van der Waals surface area contributed by atoms with Gasteiger partial charge in [0.05, 0.1) is 19.3 Å². The summed E-state index contributed by atoms with van der Waals surface area (Å²) >= 11 is 0. The van der Waals surface area contributed by atoms with Gasteiger partial charge >= 0.3 is 10.4 Å². The van der Waals surface area contributed by atoms with Gasteiger partial charge < -0.3 is 10.2 Å². The Balaban J connectivity index is 0.000000840. The lowest BCUT2D eigenvalue weighted by molar-refractivity contribution is -0.0560. The van der Waals surface area contributed by atoms with E-state index in [9.17, 15) is 8.42 Å². The molecular formula is C29H52O6S. The topological polar surface area (TPSA) is 104 Å². The van der Waals surface area contributed by atoms with Gasteiger partial charge in [-0.1, -0.05) is 65.5 Å². The quantitative estimate of drug-likeness (QED) is 0.256. The largest absolute Gasteiger partial charge is 0.397 e. The fourth-order valence-corrected chi connectivity index (χ4v) is 9.41. The first-order valence-corrected chi connectivity index (χ1v) is 15.8. The van der Waals surface area contributed by atoms with Crippen molar-refractivity contribution in [2.24, 2.45) is 46.3 Å². The maximum absolute atomic E-state index is 11.2. The second kappa shape index (κ2) is 12.1. The van der Waals surface area contributed by atoms with E-state index in [0.29, 0.717) is 24.2 Å². The van der Waals surface area contributed by atoms with E-state index in [1.165, 1.54) is 50.5 Å². The third-order valence-corrected chi connectivity index (χ3v) is 11.1. The Bertz CT molecular complexity index is 852. The van der Waals surface area contributed by atoms with Gasteiger partial charge in [-0.2, -0.15) is 8.42 Å². The van der Waals surface area contributed by atoms with Crippen molar-refractivity contribution in [1.29, 1.82) is 0 Å². The number of hydrogen-bond donors (Lipinski definition) is 3. The normalized spacial score (nSPS) is 38.8. The third kappa shape index (κ3) is 6.56. The fourth-order valence-electron chi connectivity index (χ4n) is 8.91. The molecule has 0 aliphatic heterocycles. The van der Waals surface area contributed by atoms with Crippen LogP contribution in [0, 0.1) is 46.3 Å². The highest BCUT2D eigenvalue weighted by molar-refractivity contribution is 7.80. The van der Waals surface area contributed by atoms with E-state index in [-0.39, 0.29) is 18.6 Å². The molecule has 4 aliphatic carbocycles. The summed E-state index contributed by atoms with van der Waals surface area (Å²) in [6.07, 6.45) is 15.1. The number of allylic oxidation sites excluding steroid dienone is 1. The molecule has 0 saturated heterocycles. The van der Waals surface area contributed by atoms with E-state index in [2.05, 4.69) is 40.7 Å². The van der Waals surface area contributed by atoms with Gasteiger partial charge in [0.15, 0.2) is 0 Å². The Labute approximate surface area is 220 Å². The molecule has 1 unspecified atom stereocenters. The van der Waals surface area contributed by atoms with Gasteiger partial charge in [-0.3, -0.25) is 4.55 Å². The van der Waals surface area contributed by atoms with Crippen molar-refractivity contribution in [2.75, 3.05) is 13.2 Å². The first-order valence-electron chi connectivity index (χ1n) is 14.4. The zero-order chi connectivity index (χ0) is 26.7. The van der Waals surface area contributed by atoms with Crippen LogP contribution >= 0.6 is 0 Å². The Hall–Kier alpha value is -0.470. The predicted octanol–water partition coefficient (Wildman–Crippen LogP) is 6.19. The van der Waals surface area contributed by atoms with E-state index in [1.54, 1.807) is 0 Å². The smallest absolute Gasteiger partial charge is 0.394 e. The molecule has 0 bridgehead atoms. The zero-order valence-electron chi connectivity index (χ0n) is 23.3. The lowest BCUT2D eigenvalue weighted by Gasteiger charge is -2.58. The van der Waals surface area contributed by atoms with Crippen LogP contribution in [0.5, 0.6) is 0 Å². The van der Waals surface area contributed by atoms with Crippen molar-refractivity contribution in [1.82, 2.24) is 0 Å². The Kier molecular flexibility index (Phi) is 10.1. The molecular weight excluding hydrogens is 476 g/mol. The molecule has 3 N–H and O–H groups in total. The van der Waals surface area contributed by atoms with Crippen LogP contribution in [0.25, 0.3) is 0 Å². The fraction of sp³-hybridized carbons (Fsp3) is 0.931. The SMILES string of the molecule is CC(C)CCCC(C)[C@H]1CC[C@H]2[C@@H]3CC=C4C[C@@H](OS(=O)(=O)O)CC[C@]4(C)[C@H]3CC[C@]12C.OCCO. The molecule has 4 aliphatic rings. The van der Waals surface area contributed by atoms with Crippen molar-refractivity contribution in [3.8, 4) is 0 Å². The van der Waals surface area contributed by atoms with Crippen LogP contribution in [0.4, 0.5) is 0 Å². The zero-order valence-corrected chi connectivity index (χ0v) is 24.1. The summed E-state index contributed by atoms with van der Waals surface area (Å²) in [5.41, 5.74) is 2.05. The molecule has 0 aromatic heterocycles. The number of hydrogen-bond acceptors (Lipinski definition) is 5. The average molecular weight is 529 g/mol. The summed E-state index contributed by atoms with van der Waals surface area (Å²) in [4.78, 5) is 0.